The van der Waals surface area contributed by atoms with Gasteiger partial charge >= 0.3 is 0 Å². The number of ether oxygens (including phenoxy) is 2. The first-order valence-electron chi connectivity index (χ1n) is 10.5. The maximum absolute atomic E-state index is 12.7. The fourth-order valence-corrected chi connectivity index (χ4v) is 4.52. The number of carbonyl (C=O) groups is 1. The van der Waals surface area contributed by atoms with Crippen molar-refractivity contribution in [2.24, 2.45) is 10.9 Å². The Balaban J connectivity index is 1.45. The first-order valence-corrected chi connectivity index (χ1v) is 10.5. The lowest BCUT2D eigenvalue weighted by Crippen LogP contribution is -2.52. The molecule has 0 spiro atoms. The summed E-state index contributed by atoms with van der Waals surface area (Å²) in [5.41, 5.74) is -0.186. The Morgan fingerprint density at radius 3 is 2.63 bits per heavy atom. The van der Waals surface area contributed by atoms with Crippen LogP contribution in [0, 0.1) is 5.92 Å². The molecule has 0 aromatic heterocycles. The molecule has 2 aliphatic heterocycles. The van der Waals surface area contributed by atoms with Gasteiger partial charge in [-0.05, 0) is 19.3 Å². The lowest BCUT2D eigenvalue weighted by atomic mass is 9.88. The van der Waals surface area contributed by atoms with E-state index in [1.807, 2.05) is 0 Å². The number of guanidine groups is 1. The lowest BCUT2D eigenvalue weighted by molar-refractivity contribution is -0.135. The molecular formula is C20H36N4O3. The van der Waals surface area contributed by atoms with Gasteiger partial charge in [0.25, 0.3) is 0 Å². The van der Waals surface area contributed by atoms with Crippen molar-refractivity contribution in [3.63, 3.8) is 0 Å². The summed E-state index contributed by atoms with van der Waals surface area (Å²) in [6, 6.07) is 0.261. The predicted octanol–water partition coefficient (Wildman–Crippen LogP) is 1.53. The molecule has 0 radical (unpaired) electrons. The SMILES string of the molecule is CN=C(NCC1(OC)CCOCC1)NC1CCN(C(=O)C2CCCCC2)C1. The average Bonchev–Trinajstić information content (AvgIpc) is 3.20. The van der Waals surface area contributed by atoms with Gasteiger partial charge in [-0.3, -0.25) is 9.79 Å². The van der Waals surface area contributed by atoms with Crippen molar-refractivity contribution in [3.05, 3.63) is 0 Å². The Morgan fingerprint density at radius 2 is 1.96 bits per heavy atom. The summed E-state index contributed by atoms with van der Waals surface area (Å²) in [5.74, 6) is 1.40. The molecular weight excluding hydrogens is 344 g/mol. The Bertz CT molecular complexity index is 513. The van der Waals surface area contributed by atoms with E-state index in [-0.39, 0.29) is 17.6 Å². The van der Waals surface area contributed by atoms with Gasteiger partial charge in [0.1, 0.15) is 0 Å². The molecule has 2 heterocycles. The lowest BCUT2D eigenvalue weighted by Gasteiger charge is -2.36. The molecule has 2 N–H and O–H groups in total. The van der Waals surface area contributed by atoms with E-state index < -0.39 is 0 Å². The highest BCUT2D eigenvalue weighted by molar-refractivity contribution is 5.81. The van der Waals surface area contributed by atoms with Crippen molar-refractivity contribution in [2.45, 2.75) is 63.0 Å². The van der Waals surface area contributed by atoms with Crippen LogP contribution in [-0.2, 0) is 14.3 Å². The standard InChI is InChI=1S/C20H36N4O3/c1-21-19(22-15-20(26-2)9-12-27-13-10-20)23-17-8-11-24(14-17)18(25)16-6-4-3-5-7-16/h16-17H,3-15H2,1-2H3,(H2,21,22,23). The van der Waals surface area contributed by atoms with E-state index in [2.05, 4.69) is 20.5 Å². The van der Waals surface area contributed by atoms with Crippen molar-refractivity contribution >= 4 is 11.9 Å². The van der Waals surface area contributed by atoms with Gasteiger partial charge in [0.05, 0.1) is 5.60 Å². The number of hydrogen-bond donors (Lipinski definition) is 2. The largest absolute Gasteiger partial charge is 0.381 e. The molecule has 1 aliphatic carbocycles. The molecule has 27 heavy (non-hydrogen) atoms. The van der Waals surface area contributed by atoms with E-state index in [1.165, 1.54) is 19.3 Å². The normalized spacial score (nSPS) is 26.8. The van der Waals surface area contributed by atoms with Crippen molar-refractivity contribution in [1.82, 2.24) is 15.5 Å². The van der Waals surface area contributed by atoms with Crippen LogP contribution in [0.5, 0.6) is 0 Å². The second-order valence-electron chi connectivity index (χ2n) is 8.17. The van der Waals surface area contributed by atoms with E-state index in [0.29, 0.717) is 12.5 Å². The van der Waals surface area contributed by atoms with Crippen LogP contribution in [-0.4, -0.2) is 75.4 Å². The molecule has 0 aromatic carbocycles. The summed E-state index contributed by atoms with van der Waals surface area (Å²) in [6.07, 6.45) is 8.58. The Morgan fingerprint density at radius 1 is 1.22 bits per heavy atom. The van der Waals surface area contributed by atoms with Gasteiger partial charge in [0.2, 0.25) is 5.91 Å². The highest BCUT2D eigenvalue weighted by Crippen LogP contribution is 2.27. The number of rotatable bonds is 5. The minimum atomic E-state index is -0.186. The fourth-order valence-electron chi connectivity index (χ4n) is 4.52. The van der Waals surface area contributed by atoms with E-state index in [0.717, 1.165) is 64.4 Å². The van der Waals surface area contributed by atoms with Crippen LogP contribution < -0.4 is 10.6 Å². The van der Waals surface area contributed by atoms with Crippen molar-refractivity contribution in [3.8, 4) is 0 Å². The molecule has 7 heteroatoms. The first kappa shape index (κ1) is 20.4. The third-order valence-electron chi connectivity index (χ3n) is 6.43. The molecule has 1 amide bonds. The van der Waals surface area contributed by atoms with Gasteiger partial charge in [-0.15, -0.1) is 0 Å². The van der Waals surface area contributed by atoms with Gasteiger partial charge in [-0.1, -0.05) is 19.3 Å². The quantitative estimate of drug-likeness (QED) is 0.559. The van der Waals surface area contributed by atoms with Gasteiger partial charge in [0.15, 0.2) is 5.96 Å². The van der Waals surface area contributed by atoms with E-state index in [4.69, 9.17) is 9.47 Å². The third-order valence-corrected chi connectivity index (χ3v) is 6.43. The number of likely N-dealkylation sites (tertiary alicyclic amines) is 1. The molecule has 3 aliphatic rings. The van der Waals surface area contributed by atoms with E-state index in [1.54, 1.807) is 14.2 Å². The molecule has 1 saturated carbocycles. The van der Waals surface area contributed by atoms with E-state index >= 15 is 0 Å². The third kappa shape index (κ3) is 5.35. The summed E-state index contributed by atoms with van der Waals surface area (Å²) in [7, 11) is 3.56. The number of methoxy groups -OCH3 is 1. The summed E-state index contributed by atoms with van der Waals surface area (Å²) in [5, 5.41) is 6.91. The highest BCUT2D eigenvalue weighted by atomic mass is 16.5. The first-order chi connectivity index (χ1) is 13.2. The molecule has 1 unspecified atom stereocenters. The Labute approximate surface area is 163 Å². The number of amides is 1. The maximum atomic E-state index is 12.7. The summed E-state index contributed by atoms with van der Waals surface area (Å²) < 4.78 is 11.2. The molecule has 0 aromatic rings. The minimum Gasteiger partial charge on any atom is -0.381 e. The van der Waals surface area contributed by atoms with Crippen molar-refractivity contribution < 1.29 is 14.3 Å². The molecule has 3 fully saturated rings. The Hall–Kier alpha value is -1.34. The highest BCUT2D eigenvalue weighted by Gasteiger charge is 2.34. The molecule has 7 nitrogen and oxygen atoms in total. The summed E-state index contributed by atoms with van der Waals surface area (Å²) in [4.78, 5) is 19.2. The monoisotopic (exact) mass is 380 g/mol. The smallest absolute Gasteiger partial charge is 0.225 e. The summed E-state index contributed by atoms with van der Waals surface area (Å²) in [6.45, 7) is 3.82. The number of hydrogen-bond acceptors (Lipinski definition) is 4. The van der Waals surface area contributed by atoms with Gasteiger partial charge in [0, 0.05) is 71.8 Å². The van der Waals surface area contributed by atoms with Crippen molar-refractivity contribution in [2.75, 3.05) is 47.0 Å². The second kappa shape index (κ2) is 9.73. The van der Waals surface area contributed by atoms with Crippen LogP contribution in [0.4, 0.5) is 0 Å². The fraction of sp³-hybridized carbons (Fsp3) is 0.900. The van der Waals surface area contributed by atoms with Gasteiger partial charge in [-0.25, -0.2) is 0 Å². The molecule has 3 rings (SSSR count). The zero-order chi connectivity index (χ0) is 19.1. The van der Waals surface area contributed by atoms with Crippen LogP contribution in [0.3, 0.4) is 0 Å². The average molecular weight is 381 g/mol. The Kier molecular flexibility index (Phi) is 7.35. The number of aliphatic imine (C=N–C) groups is 1. The maximum Gasteiger partial charge on any atom is 0.225 e. The zero-order valence-electron chi connectivity index (χ0n) is 17.0. The number of carbonyl (C=O) groups excluding carboxylic acids is 1. The molecule has 154 valence electrons. The number of nitrogens with one attached hydrogen (secondary N) is 2. The van der Waals surface area contributed by atoms with Crippen LogP contribution in [0.15, 0.2) is 4.99 Å². The van der Waals surface area contributed by atoms with Gasteiger partial charge in [-0.2, -0.15) is 0 Å². The minimum absolute atomic E-state index is 0.186. The predicted molar refractivity (Wildman–Crippen MR) is 106 cm³/mol. The van der Waals surface area contributed by atoms with Crippen LogP contribution in [0.25, 0.3) is 0 Å². The van der Waals surface area contributed by atoms with E-state index in [9.17, 15) is 4.79 Å². The molecule has 2 saturated heterocycles. The summed E-state index contributed by atoms with van der Waals surface area (Å²) >= 11 is 0. The van der Waals surface area contributed by atoms with Crippen LogP contribution in [0.1, 0.15) is 51.4 Å². The second-order valence-corrected chi connectivity index (χ2v) is 8.17. The van der Waals surface area contributed by atoms with Gasteiger partial charge < -0.3 is 25.0 Å². The zero-order valence-corrected chi connectivity index (χ0v) is 17.0. The molecule has 0 bridgehead atoms. The number of nitrogens with zero attached hydrogens (tertiary/aromatic N) is 2. The van der Waals surface area contributed by atoms with Crippen LogP contribution in [0.2, 0.25) is 0 Å². The topological polar surface area (TPSA) is 75.2 Å². The molecule has 1 atom stereocenters. The van der Waals surface area contributed by atoms with Crippen molar-refractivity contribution in [1.29, 1.82) is 0 Å². The van der Waals surface area contributed by atoms with Crippen LogP contribution >= 0.6 is 0 Å².